The molecule has 0 amide bonds. The molecule has 1 unspecified atom stereocenters. The zero-order chi connectivity index (χ0) is 14.1. The number of hydrogen-bond donors (Lipinski definition) is 4. The van der Waals surface area contributed by atoms with Gasteiger partial charge in [-0.2, -0.15) is 0 Å². The molecule has 112 valence electrons. The van der Waals surface area contributed by atoms with Crippen LogP contribution >= 0.6 is 0 Å². The third-order valence-corrected chi connectivity index (χ3v) is 4.48. The Morgan fingerprint density at radius 1 is 1.30 bits per heavy atom. The summed E-state index contributed by atoms with van der Waals surface area (Å²) in [5, 5.41) is 32.9. The first-order chi connectivity index (χ1) is 9.66. The molecule has 3 rings (SSSR count). The molecule has 2 aliphatic rings. The highest BCUT2D eigenvalue weighted by atomic mass is 16.4. The van der Waals surface area contributed by atoms with Crippen LogP contribution in [0.4, 0.5) is 0 Å². The molecule has 1 fully saturated rings. The molecule has 0 aliphatic carbocycles. The van der Waals surface area contributed by atoms with E-state index >= 15 is 0 Å². The average Bonchev–Trinajstić information content (AvgIpc) is 2.87. The van der Waals surface area contributed by atoms with Gasteiger partial charge in [0.15, 0.2) is 0 Å². The standard InChI is InChI=1S/C14H23N3O3/c18-11-8-17-10(5-4-9-3-1-2-6-15-9)7-16-14(17)13(20)12(11)19/h7,9,11-13,15,18-20H,1-6,8H2/t9?,11-,12-,13+/m0/s1. The van der Waals surface area contributed by atoms with Gasteiger partial charge in [0, 0.05) is 17.9 Å². The van der Waals surface area contributed by atoms with Crippen molar-refractivity contribution in [2.75, 3.05) is 6.54 Å². The van der Waals surface area contributed by atoms with Crippen LogP contribution in [0.1, 0.15) is 43.3 Å². The summed E-state index contributed by atoms with van der Waals surface area (Å²) >= 11 is 0. The van der Waals surface area contributed by atoms with Crippen molar-refractivity contribution < 1.29 is 15.3 Å². The van der Waals surface area contributed by atoms with Gasteiger partial charge in [-0.3, -0.25) is 0 Å². The van der Waals surface area contributed by atoms with Gasteiger partial charge in [-0.05, 0) is 32.2 Å². The molecule has 4 atom stereocenters. The number of piperidine rings is 1. The zero-order valence-corrected chi connectivity index (χ0v) is 11.6. The van der Waals surface area contributed by atoms with Gasteiger partial charge < -0.3 is 25.2 Å². The maximum Gasteiger partial charge on any atom is 0.140 e. The number of nitrogens with zero attached hydrogens (tertiary/aromatic N) is 2. The Labute approximate surface area is 118 Å². The quantitative estimate of drug-likeness (QED) is 0.612. The predicted octanol–water partition coefficient (Wildman–Crippen LogP) is -0.273. The van der Waals surface area contributed by atoms with Gasteiger partial charge in [0.2, 0.25) is 0 Å². The maximum atomic E-state index is 9.92. The summed E-state index contributed by atoms with van der Waals surface area (Å²) in [7, 11) is 0. The van der Waals surface area contributed by atoms with Crippen molar-refractivity contribution in [1.29, 1.82) is 0 Å². The molecule has 1 aromatic heterocycles. The minimum atomic E-state index is -1.14. The van der Waals surface area contributed by atoms with Gasteiger partial charge >= 0.3 is 0 Å². The molecule has 0 saturated carbocycles. The molecule has 20 heavy (non-hydrogen) atoms. The van der Waals surface area contributed by atoms with E-state index in [2.05, 4.69) is 10.3 Å². The highest BCUT2D eigenvalue weighted by molar-refractivity contribution is 5.13. The highest BCUT2D eigenvalue weighted by Crippen LogP contribution is 2.26. The molecule has 0 spiro atoms. The van der Waals surface area contributed by atoms with Crippen molar-refractivity contribution in [3.05, 3.63) is 17.7 Å². The van der Waals surface area contributed by atoms with Crippen LogP contribution in [-0.4, -0.2) is 49.7 Å². The number of nitrogens with one attached hydrogen (secondary N) is 1. The highest BCUT2D eigenvalue weighted by Gasteiger charge is 2.35. The predicted molar refractivity (Wildman–Crippen MR) is 73.2 cm³/mol. The molecule has 6 heteroatoms. The number of imidazole rings is 1. The lowest BCUT2D eigenvalue weighted by Gasteiger charge is -2.30. The van der Waals surface area contributed by atoms with Crippen LogP contribution in [-0.2, 0) is 13.0 Å². The number of aliphatic hydroxyl groups excluding tert-OH is 3. The van der Waals surface area contributed by atoms with E-state index in [0.29, 0.717) is 18.4 Å². The molecule has 1 saturated heterocycles. The Bertz CT molecular complexity index is 457. The van der Waals surface area contributed by atoms with Crippen LogP contribution in [0.3, 0.4) is 0 Å². The molecular weight excluding hydrogens is 258 g/mol. The second kappa shape index (κ2) is 5.81. The Balaban J connectivity index is 1.68. The number of aliphatic hydroxyl groups is 3. The van der Waals surface area contributed by atoms with E-state index in [4.69, 9.17) is 0 Å². The summed E-state index contributed by atoms with van der Waals surface area (Å²) in [5.74, 6) is 0.467. The van der Waals surface area contributed by atoms with Crippen LogP contribution in [0.15, 0.2) is 6.20 Å². The Kier molecular flexibility index (Phi) is 4.07. The molecule has 0 bridgehead atoms. The van der Waals surface area contributed by atoms with Crippen molar-refractivity contribution in [3.63, 3.8) is 0 Å². The molecular formula is C14H23N3O3. The lowest BCUT2D eigenvalue weighted by Crippen LogP contribution is -2.42. The molecule has 6 nitrogen and oxygen atoms in total. The van der Waals surface area contributed by atoms with Gasteiger partial charge in [-0.15, -0.1) is 0 Å². The van der Waals surface area contributed by atoms with E-state index in [9.17, 15) is 15.3 Å². The topological polar surface area (TPSA) is 90.5 Å². The minimum Gasteiger partial charge on any atom is -0.388 e. The zero-order valence-electron chi connectivity index (χ0n) is 11.6. The second-order valence-corrected chi connectivity index (χ2v) is 5.91. The van der Waals surface area contributed by atoms with Crippen molar-refractivity contribution in [2.24, 2.45) is 0 Å². The minimum absolute atomic E-state index is 0.307. The van der Waals surface area contributed by atoms with Crippen molar-refractivity contribution >= 4 is 0 Å². The fourth-order valence-electron chi connectivity index (χ4n) is 3.22. The van der Waals surface area contributed by atoms with Gasteiger partial charge in [0.1, 0.15) is 24.1 Å². The molecule has 3 heterocycles. The largest absolute Gasteiger partial charge is 0.388 e. The number of aryl methyl sites for hydroxylation is 1. The van der Waals surface area contributed by atoms with Crippen LogP contribution in [0, 0.1) is 0 Å². The SMILES string of the molecule is O[C@H]1[C@@H](O)Cn2c(CCC3CCCCN3)cnc2[C@@H]1O. The first-order valence-corrected chi connectivity index (χ1v) is 7.48. The Hall–Kier alpha value is -0.950. The molecule has 0 aromatic carbocycles. The smallest absolute Gasteiger partial charge is 0.140 e. The van der Waals surface area contributed by atoms with Crippen LogP contribution in [0.5, 0.6) is 0 Å². The van der Waals surface area contributed by atoms with Gasteiger partial charge in [-0.1, -0.05) is 6.42 Å². The van der Waals surface area contributed by atoms with Gasteiger partial charge in [0.25, 0.3) is 0 Å². The number of rotatable bonds is 3. The Morgan fingerprint density at radius 2 is 2.15 bits per heavy atom. The molecule has 1 aromatic rings. The van der Waals surface area contributed by atoms with Crippen LogP contribution < -0.4 is 5.32 Å². The van der Waals surface area contributed by atoms with Crippen molar-refractivity contribution in [3.8, 4) is 0 Å². The summed E-state index contributed by atoms with van der Waals surface area (Å²) in [6, 6.07) is 0.555. The van der Waals surface area contributed by atoms with Crippen LogP contribution in [0.2, 0.25) is 0 Å². The number of fused-ring (bicyclic) bond motifs is 1. The number of aromatic nitrogens is 2. The maximum absolute atomic E-state index is 9.92. The second-order valence-electron chi connectivity index (χ2n) is 5.91. The van der Waals surface area contributed by atoms with Crippen LogP contribution in [0.25, 0.3) is 0 Å². The van der Waals surface area contributed by atoms with Gasteiger partial charge in [-0.25, -0.2) is 4.98 Å². The fraction of sp³-hybridized carbons (Fsp3) is 0.786. The first-order valence-electron chi connectivity index (χ1n) is 7.48. The summed E-state index contributed by atoms with van der Waals surface area (Å²) in [5.41, 5.74) is 1.03. The summed E-state index contributed by atoms with van der Waals surface area (Å²) in [4.78, 5) is 4.21. The number of hydrogen-bond acceptors (Lipinski definition) is 5. The van der Waals surface area contributed by atoms with E-state index < -0.39 is 18.3 Å². The monoisotopic (exact) mass is 281 g/mol. The third kappa shape index (κ3) is 2.61. The molecule has 2 aliphatic heterocycles. The van der Waals surface area contributed by atoms with E-state index in [0.717, 1.165) is 25.1 Å². The van der Waals surface area contributed by atoms with Gasteiger partial charge in [0.05, 0.1) is 6.54 Å². The fourth-order valence-corrected chi connectivity index (χ4v) is 3.22. The van der Waals surface area contributed by atoms with E-state index in [1.807, 2.05) is 4.57 Å². The van der Waals surface area contributed by atoms with Crippen molar-refractivity contribution in [1.82, 2.24) is 14.9 Å². The van der Waals surface area contributed by atoms with Crippen molar-refractivity contribution in [2.45, 2.75) is 63.0 Å². The third-order valence-electron chi connectivity index (χ3n) is 4.48. The Morgan fingerprint density at radius 3 is 2.90 bits per heavy atom. The summed E-state index contributed by atoms with van der Waals surface area (Å²) in [6.07, 6.45) is 4.26. The lowest BCUT2D eigenvalue weighted by molar-refractivity contribution is -0.0858. The molecule has 0 radical (unpaired) electrons. The summed E-state index contributed by atoms with van der Waals surface area (Å²) in [6.45, 7) is 1.40. The van der Waals surface area contributed by atoms with E-state index in [1.54, 1.807) is 6.20 Å². The lowest BCUT2D eigenvalue weighted by atomic mass is 9.99. The average molecular weight is 281 g/mol. The summed E-state index contributed by atoms with van der Waals surface area (Å²) < 4.78 is 1.85. The van der Waals surface area contributed by atoms with E-state index in [1.165, 1.54) is 19.3 Å². The first kappa shape index (κ1) is 14.0. The van der Waals surface area contributed by atoms with E-state index in [-0.39, 0.29) is 0 Å². The molecule has 4 N–H and O–H groups in total. The normalized spacial score (nSPS) is 34.0.